The highest BCUT2D eigenvalue weighted by Crippen LogP contribution is 2.23. The van der Waals surface area contributed by atoms with Crippen molar-refractivity contribution in [1.82, 2.24) is 20.4 Å². The highest BCUT2D eigenvalue weighted by molar-refractivity contribution is 5.83. The predicted molar refractivity (Wildman–Crippen MR) is 86.3 cm³/mol. The number of carbonyl (C=O) groups is 2. The largest absolute Gasteiger partial charge is 0.392 e. The van der Waals surface area contributed by atoms with Gasteiger partial charge in [-0.1, -0.05) is 0 Å². The third-order valence-electron chi connectivity index (χ3n) is 5.18. The Kier molecular flexibility index (Phi) is 5.55. The number of halogens is 1. The van der Waals surface area contributed by atoms with Gasteiger partial charge in [0, 0.05) is 32.6 Å². The normalized spacial score (nSPS) is 33.8. The monoisotopic (exact) mass is 342 g/mol. The topological polar surface area (TPSA) is 84.9 Å². The zero-order chi connectivity index (χ0) is 17.1. The van der Waals surface area contributed by atoms with E-state index in [4.69, 9.17) is 0 Å². The summed E-state index contributed by atoms with van der Waals surface area (Å²) >= 11 is 0. The number of hydrogen-bond acceptors (Lipinski definition) is 4. The number of amides is 3. The van der Waals surface area contributed by atoms with Gasteiger partial charge in [-0.2, -0.15) is 0 Å². The van der Waals surface area contributed by atoms with E-state index in [-0.39, 0.29) is 37.5 Å². The molecule has 0 unspecified atom stereocenters. The minimum absolute atomic E-state index is 0.0668. The molecule has 3 aliphatic heterocycles. The lowest BCUT2D eigenvalue weighted by Gasteiger charge is -2.30. The van der Waals surface area contributed by atoms with Crippen molar-refractivity contribution >= 4 is 11.9 Å². The fourth-order valence-electron chi connectivity index (χ4n) is 3.84. The van der Waals surface area contributed by atoms with Gasteiger partial charge in [-0.15, -0.1) is 0 Å². The standard InChI is InChI=1S/C16H27FN4O3/c17-11-6-12(8-19-16(24)20-4-2-1-3-5-20)21(10-11)15(23)14-7-13(22)9-18-14/h11-14,18,22H,1-10H2,(H,19,24)/t11-,12-,13+,14-/m0/s1. The summed E-state index contributed by atoms with van der Waals surface area (Å²) in [5.74, 6) is -0.177. The molecule has 0 aromatic heterocycles. The number of likely N-dealkylation sites (tertiary alicyclic amines) is 2. The summed E-state index contributed by atoms with van der Waals surface area (Å²) in [7, 11) is 0. The lowest BCUT2D eigenvalue weighted by molar-refractivity contribution is -0.134. The minimum Gasteiger partial charge on any atom is -0.392 e. The quantitative estimate of drug-likeness (QED) is 0.666. The number of β-amino-alcohol motifs (C(OH)–C–C–N with tert-alkyl or cyclic N) is 1. The maximum absolute atomic E-state index is 13.8. The van der Waals surface area contributed by atoms with Gasteiger partial charge < -0.3 is 25.5 Å². The van der Waals surface area contributed by atoms with Crippen molar-refractivity contribution in [1.29, 1.82) is 0 Å². The molecule has 3 fully saturated rings. The fraction of sp³-hybridized carbons (Fsp3) is 0.875. The van der Waals surface area contributed by atoms with Gasteiger partial charge >= 0.3 is 6.03 Å². The molecule has 3 rings (SSSR count). The van der Waals surface area contributed by atoms with Gasteiger partial charge in [0.15, 0.2) is 0 Å². The molecule has 3 saturated heterocycles. The third-order valence-corrected chi connectivity index (χ3v) is 5.18. The Hall–Kier alpha value is -1.41. The molecule has 4 atom stereocenters. The molecular weight excluding hydrogens is 315 g/mol. The third kappa shape index (κ3) is 3.97. The van der Waals surface area contributed by atoms with Gasteiger partial charge in [-0.05, 0) is 25.7 Å². The number of alkyl halides is 1. The van der Waals surface area contributed by atoms with Crippen LogP contribution in [-0.4, -0.2) is 83.9 Å². The Morgan fingerprint density at radius 2 is 1.96 bits per heavy atom. The molecule has 24 heavy (non-hydrogen) atoms. The van der Waals surface area contributed by atoms with Crippen molar-refractivity contribution in [3.8, 4) is 0 Å². The Morgan fingerprint density at radius 1 is 1.21 bits per heavy atom. The maximum Gasteiger partial charge on any atom is 0.317 e. The van der Waals surface area contributed by atoms with Gasteiger partial charge in [0.1, 0.15) is 6.17 Å². The number of aliphatic hydroxyl groups is 1. The summed E-state index contributed by atoms with van der Waals surface area (Å²) in [5, 5.41) is 15.4. The van der Waals surface area contributed by atoms with Crippen LogP contribution in [0.15, 0.2) is 0 Å². The van der Waals surface area contributed by atoms with Crippen LogP contribution in [-0.2, 0) is 4.79 Å². The Morgan fingerprint density at radius 3 is 2.62 bits per heavy atom. The lowest BCUT2D eigenvalue weighted by Crippen LogP contribution is -2.51. The summed E-state index contributed by atoms with van der Waals surface area (Å²) in [6, 6.07) is -0.898. The van der Waals surface area contributed by atoms with Crippen molar-refractivity contribution in [2.24, 2.45) is 0 Å². The van der Waals surface area contributed by atoms with Crippen LogP contribution in [0.3, 0.4) is 0 Å². The van der Waals surface area contributed by atoms with Crippen molar-refractivity contribution in [2.75, 3.05) is 32.7 Å². The molecule has 136 valence electrons. The van der Waals surface area contributed by atoms with Crippen LogP contribution in [0.1, 0.15) is 32.1 Å². The second-order valence-corrected chi connectivity index (χ2v) is 7.06. The summed E-state index contributed by atoms with van der Waals surface area (Å²) in [5.41, 5.74) is 0. The molecule has 3 aliphatic rings. The minimum atomic E-state index is -1.06. The molecule has 7 nitrogen and oxygen atoms in total. The number of carbonyl (C=O) groups excluding carboxylic acids is 2. The number of rotatable bonds is 3. The van der Waals surface area contributed by atoms with Crippen LogP contribution in [0.4, 0.5) is 9.18 Å². The number of urea groups is 1. The smallest absolute Gasteiger partial charge is 0.317 e. The SMILES string of the molecule is O=C(NC[C@@H]1C[C@H](F)CN1C(=O)[C@@H]1C[C@@H](O)CN1)N1CCCCC1. The first-order valence-electron chi connectivity index (χ1n) is 8.93. The molecule has 3 amide bonds. The molecule has 3 N–H and O–H groups in total. The first kappa shape index (κ1) is 17.4. The van der Waals surface area contributed by atoms with Crippen molar-refractivity contribution in [3.63, 3.8) is 0 Å². The molecule has 0 spiro atoms. The van der Waals surface area contributed by atoms with E-state index in [9.17, 15) is 19.1 Å². The van der Waals surface area contributed by atoms with E-state index in [0.29, 0.717) is 13.0 Å². The number of nitrogens with zero attached hydrogens (tertiary/aromatic N) is 2. The molecule has 3 heterocycles. The second kappa shape index (κ2) is 7.65. The highest BCUT2D eigenvalue weighted by atomic mass is 19.1. The summed E-state index contributed by atoms with van der Waals surface area (Å²) in [6.07, 6.45) is 2.21. The van der Waals surface area contributed by atoms with Crippen molar-refractivity contribution in [2.45, 2.75) is 56.5 Å². The van der Waals surface area contributed by atoms with Crippen LogP contribution in [0.2, 0.25) is 0 Å². The van der Waals surface area contributed by atoms with Gasteiger partial charge in [0.2, 0.25) is 5.91 Å². The molecule has 0 aliphatic carbocycles. The van der Waals surface area contributed by atoms with Crippen LogP contribution < -0.4 is 10.6 Å². The van der Waals surface area contributed by atoms with E-state index in [0.717, 1.165) is 32.4 Å². The van der Waals surface area contributed by atoms with E-state index >= 15 is 0 Å². The van der Waals surface area contributed by atoms with Crippen LogP contribution in [0.25, 0.3) is 0 Å². The van der Waals surface area contributed by atoms with E-state index in [1.54, 1.807) is 4.90 Å². The van der Waals surface area contributed by atoms with E-state index in [1.807, 2.05) is 0 Å². The van der Waals surface area contributed by atoms with Crippen molar-refractivity contribution in [3.05, 3.63) is 0 Å². The van der Waals surface area contributed by atoms with Gasteiger partial charge in [0.05, 0.1) is 24.7 Å². The Labute approximate surface area is 141 Å². The second-order valence-electron chi connectivity index (χ2n) is 7.06. The zero-order valence-electron chi connectivity index (χ0n) is 13.9. The molecule has 0 aromatic carbocycles. The molecule has 8 heteroatoms. The average Bonchev–Trinajstić information content (AvgIpc) is 3.18. The number of hydrogen-bond donors (Lipinski definition) is 3. The fourth-order valence-corrected chi connectivity index (χ4v) is 3.84. The first-order valence-corrected chi connectivity index (χ1v) is 8.93. The van der Waals surface area contributed by atoms with Crippen LogP contribution >= 0.6 is 0 Å². The van der Waals surface area contributed by atoms with Gasteiger partial charge in [-0.25, -0.2) is 9.18 Å². The van der Waals surface area contributed by atoms with E-state index < -0.39 is 18.3 Å². The highest BCUT2D eigenvalue weighted by Gasteiger charge is 2.40. The summed E-state index contributed by atoms with van der Waals surface area (Å²) in [4.78, 5) is 28.1. The molecule has 0 aromatic rings. The van der Waals surface area contributed by atoms with Crippen LogP contribution in [0.5, 0.6) is 0 Å². The predicted octanol–water partition coefficient (Wildman–Crippen LogP) is -0.156. The molecule has 0 bridgehead atoms. The summed E-state index contributed by atoms with van der Waals surface area (Å²) < 4.78 is 13.8. The molecule has 0 saturated carbocycles. The number of piperidine rings is 1. The van der Waals surface area contributed by atoms with Crippen molar-refractivity contribution < 1.29 is 19.1 Å². The van der Waals surface area contributed by atoms with Gasteiger partial charge in [-0.3, -0.25) is 4.79 Å². The average molecular weight is 342 g/mol. The van der Waals surface area contributed by atoms with Crippen LogP contribution in [0, 0.1) is 0 Å². The Balaban J connectivity index is 1.53. The number of nitrogens with one attached hydrogen (secondary N) is 2. The van der Waals surface area contributed by atoms with Gasteiger partial charge in [0.25, 0.3) is 0 Å². The summed E-state index contributed by atoms with van der Waals surface area (Å²) in [6.45, 7) is 2.25. The zero-order valence-corrected chi connectivity index (χ0v) is 13.9. The molecule has 0 radical (unpaired) electrons. The first-order chi connectivity index (χ1) is 11.5. The van der Waals surface area contributed by atoms with E-state index in [1.165, 1.54) is 4.90 Å². The van der Waals surface area contributed by atoms with E-state index in [2.05, 4.69) is 10.6 Å². The lowest BCUT2D eigenvalue weighted by atomic mass is 10.1. The molecular formula is C16H27FN4O3. The number of aliphatic hydroxyl groups excluding tert-OH is 1. The Bertz CT molecular complexity index is 472. The maximum atomic E-state index is 13.8.